The Morgan fingerprint density at radius 3 is 3.13 bits per heavy atom. The fourth-order valence-electron chi connectivity index (χ4n) is 1.63. The van der Waals surface area contributed by atoms with Crippen molar-refractivity contribution in [1.82, 2.24) is 0 Å². The molecule has 0 amide bonds. The van der Waals surface area contributed by atoms with Gasteiger partial charge in [0.2, 0.25) is 0 Å². The summed E-state index contributed by atoms with van der Waals surface area (Å²) in [5, 5.41) is 9.39. The number of ether oxygens (including phenoxy) is 1. The van der Waals surface area contributed by atoms with Gasteiger partial charge in [0.1, 0.15) is 18.5 Å². The number of aliphatic hydroxyl groups is 1. The van der Waals surface area contributed by atoms with E-state index in [0.717, 1.165) is 18.0 Å². The van der Waals surface area contributed by atoms with E-state index < -0.39 is 6.10 Å². The van der Waals surface area contributed by atoms with E-state index in [0.29, 0.717) is 18.5 Å². The fourth-order valence-corrected chi connectivity index (χ4v) is 1.63. The Balaban J connectivity index is 2.39. The molecular formula is C11H13NO3. The second-order valence-corrected chi connectivity index (χ2v) is 3.58. The van der Waals surface area contributed by atoms with Crippen LogP contribution in [0.3, 0.4) is 0 Å². The van der Waals surface area contributed by atoms with E-state index in [2.05, 4.69) is 0 Å². The van der Waals surface area contributed by atoms with Gasteiger partial charge in [-0.05, 0) is 17.7 Å². The lowest BCUT2D eigenvalue weighted by molar-refractivity contribution is -0.115. The predicted molar refractivity (Wildman–Crippen MR) is 56.2 cm³/mol. The van der Waals surface area contributed by atoms with Crippen LogP contribution in [0, 0.1) is 0 Å². The minimum atomic E-state index is -1.05. The number of hydrogen-bond donors (Lipinski definition) is 1. The van der Waals surface area contributed by atoms with E-state index >= 15 is 0 Å². The van der Waals surface area contributed by atoms with E-state index in [1.165, 1.54) is 0 Å². The second kappa shape index (κ2) is 3.90. The summed E-state index contributed by atoms with van der Waals surface area (Å²) in [6.45, 7) is 1.48. The molecule has 1 unspecified atom stereocenters. The van der Waals surface area contributed by atoms with Gasteiger partial charge in [-0.2, -0.15) is 0 Å². The number of fused-ring (bicyclic) bond motifs is 1. The first-order valence-corrected chi connectivity index (χ1v) is 4.83. The van der Waals surface area contributed by atoms with Gasteiger partial charge in [0.05, 0.1) is 12.2 Å². The summed E-state index contributed by atoms with van der Waals surface area (Å²) < 4.78 is 5.45. The van der Waals surface area contributed by atoms with E-state index in [1.807, 2.05) is 11.9 Å². The summed E-state index contributed by atoms with van der Waals surface area (Å²) in [6.07, 6.45) is -0.531. The molecule has 1 aromatic rings. The van der Waals surface area contributed by atoms with Gasteiger partial charge < -0.3 is 19.5 Å². The average Bonchev–Trinajstić information content (AvgIpc) is 2.28. The molecule has 1 aromatic carbocycles. The first kappa shape index (κ1) is 9.98. The number of hydrogen-bond acceptors (Lipinski definition) is 4. The number of aliphatic hydroxyl groups excluding tert-OH is 1. The van der Waals surface area contributed by atoms with Gasteiger partial charge in [0.15, 0.2) is 6.29 Å². The molecule has 1 aliphatic heterocycles. The van der Waals surface area contributed by atoms with Gasteiger partial charge in [0.25, 0.3) is 0 Å². The Labute approximate surface area is 88.1 Å². The quantitative estimate of drug-likeness (QED) is 0.727. The SMILES string of the molecule is CN1CCOc2ccc(C(O)C=O)cc21. The van der Waals surface area contributed by atoms with Crippen molar-refractivity contribution in [2.75, 3.05) is 25.1 Å². The monoisotopic (exact) mass is 207 g/mol. The Bertz CT molecular complexity index is 378. The van der Waals surface area contributed by atoms with E-state index in [1.54, 1.807) is 18.2 Å². The molecule has 1 aliphatic rings. The van der Waals surface area contributed by atoms with Crippen molar-refractivity contribution in [2.24, 2.45) is 0 Å². The molecule has 0 fully saturated rings. The summed E-state index contributed by atoms with van der Waals surface area (Å²) in [5.74, 6) is 0.797. The van der Waals surface area contributed by atoms with Gasteiger partial charge in [-0.25, -0.2) is 0 Å². The van der Waals surface area contributed by atoms with Crippen molar-refractivity contribution >= 4 is 12.0 Å². The van der Waals surface area contributed by atoms with Crippen molar-refractivity contribution in [1.29, 1.82) is 0 Å². The van der Waals surface area contributed by atoms with Gasteiger partial charge in [0, 0.05) is 7.05 Å². The maximum atomic E-state index is 10.5. The maximum absolute atomic E-state index is 10.5. The standard InChI is InChI=1S/C11H13NO3/c1-12-4-5-15-11-3-2-8(6-9(11)12)10(14)7-13/h2-3,6-7,10,14H,4-5H2,1H3. The molecule has 15 heavy (non-hydrogen) atoms. The Morgan fingerprint density at radius 1 is 1.60 bits per heavy atom. The molecule has 0 saturated carbocycles. The zero-order valence-electron chi connectivity index (χ0n) is 8.51. The summed E-state index contributed by atoms with van der Waals surface area (Å²) >= 11 is 0. The number of benzene rings is 1. The first-order valence-electron chi connectivity index (χ1n) is 4.83. The number of rotatable bonds is 2. The topological polar surface area (TPSA) is 49.8 Å². The Hall–Kier alpha value is -1.55. The molecule has 1 heterocycles. The highest BCUT2D eigenvalue weighted by atomic mass is 16.5. The van der Waals surface area contributed by atoms with Crippen LogP contribution >= 0.6 is 0 Å². The van der Waals surface area contributed by atoms with Gasteiger partial charge in [-0.1, -0.05) is 6.07 Å². The van der Waals surface area contributed by atoms with Crippen LogP contribution in [0.5, 0.6) is 5.75 Å². The minimum absolute atomic E-state index is 0.519. The lowest BCUT2D eigenvalue weighted by Crippen LogP contribution is -2.28. The highest BCUT2D eigenvalue weighted by molar-refractivity contribution is 5.66. The lowest BCUT2D eigenvalue weighted by Gasteiger charge is -2.28. The molecular weight excluding hydrogens is 194 g/mol. The van der Waals surface area contributed by atoms with Gasteiger partial charge >= 0.3 is 0 Å². The zero-order chi connectivity index (χ0) is 10.8. The number of aldehydes is 1. The van der Waals surface area contributed by atoms with Crippen molar-refractivity contribution in [2.45, 2.75) is 6.10 Å². The molecule has 80 valence electrons. The molecule has 0 saturated heterocycles. The van der Waals surface area contributed by atoms with Crippen LogP contribution in [-0.4, -0.2) is 31.6 Å². The largest absolute Gasteiger partial charge is 0.490 e. The van der Waals surface area contributed by atoms with Crippen molar-refractivity contribution < 1.29 is 14.6 Å². The van der Waals surface area contributed by atoms with Crippen LogP contribution in [0.2, 0.25) is 0 Å². The summed E-state index contributed by atoms with van der Waals surface area (Å²) in [5.41, 5.74) is 1.51. The van der Waals surface area contributed by atoms with Crippen molar-refractivity contribution in [3.63, 3.8) is 0 Å². The molecule has 0 aromatic heterocycles. The van der Waals surface area contributed by atoms with E-state index in [4.69, 9.17) is 4.74 Å². The van der Waals surface area contributed by atoms with Gasteiger partial charge in [-0.3, -0.25) is 0 Å². The zero-order valence-corrected chi connectivity index (χ0v) is 8.51. The molecule has 0 aliphatic carbocycles. The number of likely N-dealkylation sites (N-methyl/N-ethyl adjacent to an activating group) is 1. The lowest BCUT2D eigenvalue weighted by atomic mass is 10.1. The predicted octanol–water partition coefficient (Wildman–Crippen LogP) is 0.748. The number of carbonyl (C=O) groups is 1. The Kier molecular flexibility index (Phi) is 2.60. The molecule has 2 rings (SSSR count). The van der Waals surface area contributed by atoms with E-state index in [9.17, 15) is 9.90 Å². The van der Waals surface area contributed by atoms with Crippen molar-refractivity contribution in [3.05, 3.63) is 23.8 Å². The number of nitrogens with zero attached hydrogens (tertiary/aromatic N) is 1. The van der Waals surface area contributed by atoms with Crippen LogP contribution in [0.25, 0.3) is 0 Å². The number of anilines is 1. The molecule has 1 N–H and O–H groups in total. The second-order valence-electron chi connectivity index (χ2n) is 3.58. The highest BCUT2D eigenvalue weighted by Crippen LogP contribution is 2.32. The third-order valence-electron chi connectivity index (χ3n) is 2.55. The first-order chi connectivity index (χ1) is 7.22. The number of carbonyl (C=O) groups excluding carboxylic acids is 1. The highest BCUT2D eigenvalue weighted by Gasteiger charge is 2.16. The summed E-state index contributed by atoms with van der Waals surface area (Å²) in [7, 11) is 1.96. The van der Waals surface area contributed by atoms with E-state index in [-0.39, 0.29) is 0 Å². The van der Waals surface area contributed by atoms with Crippen LogP contribution in [0.15, 0.2) is 18.2 Å². The van der Waals surface area contributed by atoms with Crippen molar-refractivity contribution in [3.8, 4) is 5.75 Å². The normalized spacial score (nSPS) is 16.5. The third kappa shape index (κ3) is 1.80. The average molecular weight is 207 g/mol. The van der Waals surface area contributed by atoms with Crippen LogP contribution < -0.4 is 9.64 Å². The van der Waals surface area contributed by atoms with Crippen LogP contribution in [0.1, 0.15) is 11.7 Å². The molecule has 1 atom stereocenters. The Morgan fingerprint density at radius 2 is 2.40 bits per heavy atom. The maximum Gasteiger partial charge on any atom is 0.153 e. The van der Waals surface area contributed by atoms with Crippen LogP contribution in [-0.2, 0) is 4.79 Å². The third-order valence-corrected chi connectivity index (χ3v) is 2.55. The molecule has 0 radical (unpaired) electrons. The molecule has 4 nitrogen and oxygen atoms in total. The molecule has 0 spiro atoms. The minimum Gasteiger partial charge on any atom is -0.490 e. The molecule has 4 heteroatoms. The summed E-state index contributed by atoms with van der Waals surface area (Å²) in [6, 6.07) is 5.28. The van der Waals surface area contributed by atoms with Gasteiger partial charge in [-0.15, -0.1) is 0 Å². The summed E-state index contributed by atoms with van der Waals surface area (Å²) in [4.78, 5) is 12.5. The molecule has 0 bridgehead atoms. The smallest absolute Gasteiger partial charge is 0.153 e. The van der Waals surface area contributed by atoms with Crippen LogP contribution in [0.4, 0.5) is 5.69 Å². The fraction of sp³-hybridized carbons (Fsp3) is 0.364.